The number of rotatable bonds is 5. The van der Waals surface area contributed by atoms with Crippen molar-refractivity contribution < 1.29 is 18.4 Å². The molecular weight excluding hydrogens is 316 g/mol. The van der Waals surface area contributed by atoms with Gasteiger partial charge in [0.1, 0.15) is 6.04 Å². The van der Waals surface area contributed by atoms with Crippen molar-refractivity contribution in [3.63, 3.8) is 0 Å². The molecule has 0 aliphatic carbocycles. The number of nitrogens with one attached hydrogen (secondary N) is 3. The van der Waals surface area contributed by atoms with E-state index in [1.165, 1.54) is 13.0 Å². The number of benzene rings is 2. The predicted molar refractivity (Wildman–Crippen MR) is 88.8 cm³/mol. The molecular formula is C17H17F2N3O2. The normalized spacial score (nSPS) is 11.5. The molecule has 0 saturated carbocycles. The Balaban J connectivity index is 1.95. The van der Waals surface area contributed by atoms with E-state index in [2.05, 4.69) is 16.0 Å². The van der Waals surface area contributed by atoms with Crippen LogP contribution >= 0.6 is 0 Å². The van der Waals surface area contributed by atoms with Gasteiger partial charge in [-0.15, -0.1) is 0 Å². The van der Waals surface area contributed by atoms with Crippen LogP contribution in [0.2, 0.25) is 0 Å². The van der Waals surface area contributed by atoms with Crippen molar-refractivity contribution in [3.8, 4) is 0 Å². The summed E-state index contributed by atoms with van der Waals surface area (Å²) in [6, 6.07) is 9.37. The Labute approximate surface area is 138 Å². The summed E-state index contributed by atoms with van der Waals surface area (Å²) in [5.74, 6) is -2.57. The van der Waals surface area contributed by atoms with Gasteiger partial charge in [-0.05, 0) is 43.3 Å². The van der Waals surface area contributed by atoms with Crippen molar-refractivity contribution in [2.24, 2.45) is 0 Å². The van der Waals surface area contributed by atoms with Gasteiger partial charge in [0.2, 0.25) is 11.8 Å². The van der Waals surface area contributed by atoms with Crippen LogP contribution in [0.25, 0.3) is 0 Å². The van der Waals surface area contributed by atoms with Gasteiger partial charge in [0.05, 0.1) is 0 Å². The first-order valence-corrected chi connectivity index (χ1v) is 7.25. The van der Waals surface area contributed by atoms with E-state index in [0.29, 0.717) is 11.4 Å². The van der Waals surface area contributed by atoms with Crippen molar-refractivity contribution >= 4 is 28.9 Å². The number of carbonyl (C=O) groups excluding carboxylic acids is 2. The third kappa shape index (κ3) is 4.77. The van der Waals surface area contributed by atoms with Crippen molar-refractivity contribution in [2.45, 2.75) is 19.9 Å². The molecule has 2 aromatic carbocycles. The van der Waals surface area contributed by atoms with Crippen LogP contribution in [0.4, 0.5) is 25.8 Å². The quantitative estimate of drug-likeness (QED) is 0.786. The topological polar surface area (TPSA) is 70.2 Å². The molecule has 0 aromatic heterocycles. The zero-order chi connectivity index (χ0) is 17.7. The van der Waals surface area contributed by atoms with Gasteiger partial charge in [-0.2, -0.15) is 0 Å². The van der Waals surface area contributed by atoms with Gasteiger partial charge in [-0.3, -0.25) is 9.59 Å². The minimum atomic E-state index is -1.03. The summed E-state index contributed by atoms with van der Waals surface area (Å²) >= 11 is 0. The third-order valence-corrected chi connectivity index (χ3v) is 3.17. The fourth-order valence-corrected chi connectivity index (χ4v) is 1.99. The van der Waals surface area contributed by atoms with Crippen molar-refractivity contribution in [1.82, 2.24) is 0 Å². The van der Waals surface area contributed by atoms with Gasteiger partial charge in [-0.25, -0.2) is 8.78 Å². The van der Waals surface area contributed by atoms with Crippen LogP contribution in [0.1, 0.15) is 13.8 Å². The third-order valence-electron chi connectivity index (χ3n) is 3.17. The average molecular weight is 333 g/mol. The van der Waals surface area contributed by atoms with E-state index in [9.17, 15) is 18.4 Å². The zero-order valence-corrected chi connectivity index (χ0v) is 13.2. The van der Waals surface area contributed by atoms with E-state index in [1.54, 1.807) is 31.2 Å². The summed E-state index contributed by atoms with van der Waals surface area (Å²) in [6.45, 7) is 3.05. The maximum atomic E-state index is 13.1. The molecule has 2 aromatic rings. The molecule has 126 valence electrons. The maximum absolute atomic E-state index is 13.1. The van der Waals surface area contributed by atoms with Crippen molar-refractivity contribution in [2.75, 3.05) is 16.0 Å². The molecule has 24 heavy (non-hydrogen) atoms. The van der Waals surface area contributed by atoms with Crippen LogP contribution in [0.15, 0.2) is 42.5 Å². The SMILES string of the molecule is CC(=O)Nc1ccc(NC(C)C(=O)Nc2ccc(F)c(F)c2)cc1. The highest BCUT2D eigenvalue weighted by Gasteiger charge is 2.14. The first-order chi connectivity index (χ1) is 11.3. The van der Waals surface area contributed by atoms with Crippen LogP contribution in [0, 0.1) is 11.6 Å². The molecule has 7 heteroatoms. The number of anilines is 3. The fourth-order valence-electron chi connectivity index (χ4n) is 1.99. The lowest BCUT2D eigenvalue weighted by molar-refractivity contribution is -0.116. The van der Waals surface area contributed by atoms with E-state index in [1.807, 2.05) is 0 Å². The van der Waals surface area contributed by atoms with Gasteiger partial charge >= 0.3 is 0 Å². The van der Waals surface area contributed by atoms with Gasteiger partial charge in [0, 0.05) is 30.1 Å². The van der Waals surface area contributed by atoms with Crippen LogP contribution in [0.5, 0.6) is 0 Å². The van der Waals surface area contributed by atoms with E-state index in [0.717, 1.165) is 12.1 Å². The van der Waals surface area contributed by atoms with Crippen molar-refractivity contribution in [1.29, 1.82) is 0 Å². The minimum Gasteiger partial charge on any atom is -0.374 e. The Morgan fingerprint density at radius 3 is 2.04 bits per heavy atom. The van der Waals surface area contributed by atoms with E-state index in [-0.39, 0.29) is 11.6 Å². The molecule has 5 nitrogen and oxygen atoms in total. The lowest BCUT2D eigenvalue weighted by atomic mass is 10.2. The first kappa shape index (κ1) is 17.4. The molecule has 2 rings (SSSR count). The second-order valence-electron chi connectivity index (χ2n) is 5.24. The lowest BCUT2D eigenvalue weighted by Crippen LogP contribution is -2.31. The standard InChI is InChI=1S/C17H17F2N3O2/c1-10(17(24)22-14-7-8-15(18)16(19)9-14)20-12-3-5-13(6-4-12)21-11(2)23/h3-10,20H,1-2H3,(H,21,23)(H,22,24). The van der Waals surface area contributed by atoms with Crippen molar-refractivity contribution in [3.05, 3.63) is 54.1 Å². The van der Waals surface area contributed by atoms with Crippen LogP contribution < -0.4 is 16.0 Å². The Morgan fingerprint density at radius 2 is 1.46 bits per heavy atom. The number of hydrogen-bond donors (Lipinski definition) is 3. The summed E-state index contributed by atoms with van der Waals surface area (Å²) in [7, 11) is 0. The van der Waals surface area contributed by atoms with Crippen LogP contribution in [-0.2, 0) is 9.59 Å². The van der Waals surface area contributed by atoms with E-state index < -0.39 is 23.6 Å². The van der Waals surface area contributed by atoms with Gasteiger partial charge < -0.3 is 16.0 Å². The number of amides is 2. The van der Waals surface area contributed by atoms with Crippen LogP contribution in [0.3, 0.4) is 0 Å². The number of hydrogen-bond acceptors (Lipinski definition) is 3. The largest absolute Gasteiger partial charge is 0.374 e. The highest BCUT2D eigenvalue weighted by molar-refractivity contribution is 5.96. The van der Waals surface area contributed by atoms with Gasteiger partial charge in [-0.1, -0.05) is 0 Å². The second kappa shape index (κ2) is 7.54. The molecule has 1 atom stereocenters. The summed E-state index contributed by atoms with van der Waals surface area (Å²) in [6.07, 6.45) is 0. The molecule has 0 bridgehead atoms. The molecule has 0 heterocycles. The molecule has 0 saturated heterocycles. The highest BCUT2D eigenvalue weighted by atomic mass is 19.2. The molecule has 1 unspecified atom stereocenters. The fraction of sp³-hybridized carbons (Fsp3) is 0.176. The molecule has 2 amide bonds. The Kier molecular flexibility index (Phi) is 5.47. The van der Waals surface area contributed by atoms with Gasteiger partial charge in [0.15, 0.2) is 11.6 Å². The monoisotopic (exact) mass is 333 g/mol. The lowest BCUT2D eigenvalue weighted by Gasteiger charge is -2.16. The molecule has 3 N–H and O–H groups in total. The Morgan fingerprint density at radius 1 is 0.875 bits per heavy atom. The minimum absolute atomic E-state index is 0.171. The molecule has 0 spiro atoms. The summed E-state index contributed by atoms with van der Waals surface area (Å²) in [4.78, 5) is 23.0. The van der Waals surface area contributed by atoms with E-state index >= 15 is 0 Å². The van der Waals surface area contributed by atoms with Gasteiger partial charge in [0.25, 0.3) is 0 Å². The highest BCUT2D eigenvalue weighted by Crippen LogP contribution is 2.16. The first-order valence-electron chi connectivity index (χ1n) is 7.25. The summed E-state index contributed by atoms with van der Waals surface area (Å²) in [5.41, 5.74) is 1.50. The zero-order valence-electron chi connectivity index (χ0n) is 13.2. The average Bonchev–Trinajstić information content (AvgIpc) is 2.52. The number of carbonyl (C=O) groups is 2. The second-order valence-corrected chi connectivity index (χ2v) is 5.24. The van der Waals surface area contributed by atoms with Crippen LogP contribution in [-0.4, -0.2) is 17.9 Å². The van der Waals surface area contributed by atoms with E-state index in [4.69, 9.17) is 0 Å². The molecule has 0 fully saturated rings. The number of halogens is 2. The molecule has 0 radical (unpaired) electrons. The smallest absolute Gasteiger partial charge is 0.246 e. The maximum Gasteiger partial charge on any atom is 0.246 e. The molecule has 0 aliphatic heterocycles. The Hall–Kier alpha value is -2.96. The predicted octanol–water partition coefficient (Wildman–Crippen LogP) is 3.36. The Bertz CT molecular complexity index is 748. The summed E-state index contributed by atoms with van der Waals surface area (Å²) in [5, 5.41) is 8.12. The molecule has 0 aliphatic rings. The summed E-state index contributed by atoms with van der Waals surface area (Å²) < 4.78 is 26.0.